The molecule has 1 fully saturated rings. The van der Waals surface area contributed by atoms with Gasteiger partial charge in [0, 0.05) is 13.0 Å². The quantitative estimate of drug-likeness (QED) is 0.0244. The van der Waals surface area contributed by atoms with E-state index in [-0.39, 0.29) is 71.2 Å². The van der Waals surface area contributed by atoms with E-state index in [9.17, 15) is 67.7 Å². The van der Waals surface area contributed by atoms with Crippen LogP contribution in [-0.4, -0.2) is 200 Å². The second-order valence-corrected chi connectivity index (χ2v) is 19.3. The van der Waals surface area contributed by atoms with Gasteiger partial charge in [0.1, 0.15) is 48.3 Å². The van der Waals surface area contributed by atoms with E-state index in [1.807, 2.05) is 0 Å². The Kier molecular flexibility index (Phi) is 34.9. The Morgan fingerprint density at radius 1 is 0.582 bits per heavy atom. The average molecular weight is 1130 g/mol. The topological polar surface area (TPSA) is 494 Å². The normalized spacial score (nSPS) is 22.3. The number of carbonyl (C=O) groups is 12. The largest absolute Gasteiger partial charge is 0.391 e. The van der Waals surface area contributed by atoms with Gasteiger partial charge in [0.05, 0.1) is 18.8 Å². The van der Waals surface area contributed by atoms with Crippen molar-refractivity contribution in [3.05, 3.63) is 0 Å². The van der Waals surface area contributed by atoms with Crippen LogP contribution in [0.5, 0.6) is 0 Å². The maximum Gasteiger partial charge on any atom is 0.250 e. The number of hydrogen-bond acceptors (Lipinski definition) is 19. The molecule has 30 nitrogen and oxygen atoms in total. The first-order chi connectivity index (χ1) is 37.5. The Morgan fingerprint density at radius 3 is 1.68 bits per heavy atom. The van der Waals surface area contributed by atoms with Crippen molar-refractivity contribution in [2.75, 3.05) is 52.4 Å². The van der Waals surface area contributed by atoms with Crippen LogP contribution in [0.2, 0.25) is 0 Å². The van der Waals surface area contributed by atoms with Crippen LogP contribution in [0, 0.1) is 0 Å². The molecule has 79 heavy (non-hydrogen) atoms. The highest BCUT2D eigenvalue weighted by molar-refractivity contribution is 6.08. The van der Waals surface area contributed by atoms with Crippen LogP contribution >= 0.6 is 0 Å². The first-order valence-corrected chi connectivity index (χ1v) is 27.1. The Bertz CT molecular complexity index is 2020. The zero-order valence-electron chi connectivity index (χ0n) is 46.3. The number of unbranched alkanes of at least 4 members (excludes halogenated alkanes) is 5. The SMILES string of the molecule is CCCCCCCCC(=O)N[C@@H](CCN)C(=O)N[C@@H](C(C)=O)C(=O)N[C@@H](CCN)C(=O)N[C@H]1CCNC(=O)[C@H]([C@@H](C)O)NC(=O)[C@H](CCN)NC(=O)[C@H](CCNCC)NC(=O)[C@H](C(C)O)NC(=O)CNC(=O)[C@H](CCN)NC1=O. The van der Waals surface area contributed by atoms with E-state index in [2.05, 4.69) is 70.7 Å². The second kappa shape index (κ2) is 39.0. The molecule has 11 amide bonds. The molecule has 0 aromatic heterocycles. The molecule has 22 N–H and O–H groups in total. The summed E-state index contributed by atoms with van der Waals surface area (Å²) in [6.45, 7) is 5.95. The Balaban J connectivity index is 3.64. The van der Waals surface area contributed by atoms with Gasteiger partial charge in [-0.1, -0.05) is 46.0 Å². The number of nitrogens with two attached hydrogens (primary N) is 4. The van der Waals surface area contributed by atoms with Crippen LogP contribution in [0.1, 0.15) is 118 Å². The highest BCUT2D eigenvalue weighted by Gasteiger charge is 2.37. The van der Waals surface area contributed by atoms with Crippen molar-refractivity contribution in [1.82, 2.24) is 63.8 Å². The molecule has 0 aliphatic carbocycles. The van der Waals surface area contributed by atoms with Gasteiger partial charge in [0.2, 0.25) is 59.1 Å². The number of aliphatic hydroxyl groups excluding tert-OH is 2. The summed E-state index contributed by atoms with van der Waals surface area (Å²) in [6, 6.07) is -14.1. The summed E-state index contributed by atoms with van der Waals surface area (Å²) in [5.41, 5.74) is 23.1. The van der Waals surface area contributed by atoms with Crippen molar-refractivity contribution in [3.63, 3.8) is 0 Å². The lowest BCUT2D eigenvalue weighted by molar-refractivity contribution is -0.138. The second-order valence-electron chi connectivity index (χ2n) is 19.3. The van der Waals surface area contributed by atoms with E-state index in [1.165, 1.54) is 13.8 Å². The molecule has 1 saturated heterocycles. The predicted molar refractivity (Wildman–Crippen MR) is 288 cm³/mol. The maximum absolute atomic E-state index is 14.1. The molecule has 0 aromatic rings. The van der Waals surface area contributed by atoms with Crippen LogP contribution in [0.15, 0.2) is 0 Å². The zero-order chi connectivity index (χ0) is 59.6. The molecule has 1 heterocycles. The molecule has 1 aliphatic heterocycles. The number of aliphatic hydroxyl groups is 2. The minimum atomic E-state index is -1.89. The van der Waals surface area contributed by atoms with Crippen LogP contribution < -0.4 is 86.7 Å². The molecular weight excluding hydrogens is 1040 g/mol. The molecule has 450 valence electrons. The molecule has 30 heteroatoms. The fourth-order valence-corrected chi connectivity index (χ4v) is 7.99. The van der Waals surface area contributed by atoms with E-state index >= 15 is 0 Å². The Morgan fingerprint density at radius 2 is 1.11 bits per heavy atom. The van der Waals surface area contributed by atoms with E-state index in [4.69, 9.17) is 22.9 Å². The Hall–Kier alpha value is -6.44. The smallest absolute Gasteiger partial charge is 0.250 e. The molecule has 1 unspecified atom stereocenters. The fourth-order valence-electron chi connectivity index (χ4n) is 7.99. The number of carbonyl (C=O) groups excluding carboxylic acids is 12. The average Bonchev–Trinajstić information content (AvgIpc) is 3.39. The third-order valence-electron chi connectivity index (χ3n) is 12.5. The summed E-state index contributed by atoms with van der Waals surface area (Å²) in [4.78, 5) is 163. The van der Waals surface area contributed by atoms with Crippen LogP contribution in [-0.2, 0) is 57.5 Å². The standard InChI is InChI=1S/C49H90N16O14/c1-6-8-9-10-11-12-13-36(69)57-31(15-21-51)45(75)65-40(29(5)68)49(79)61-32(16-22-52)42(72)60-35-19-25-55-47(77)38(27(3)66)64-46(76)33(17-23-53)59-43(73)34(18-24-54-7-2)62-48(78)39(28(4)67)63-37(70)26-56-41(71)30(14-20-50)58-44(35)74/h27-28,30-35,38-40,54,66-67H,6-26,50-53H2,1-5H3,(H,55,77)(H,56,71)(H,57,69)(H,58,74)(H,59,73)(H,60,72)(H,61,79)(H,62,78)(H,63,70)(H,64,76)(H,65,75)/t27-,28?,30+,31+,32+,33+,34+,35+,38+,39+,40+/m1/s1. The first-order valence-electron chi connectivity index (χ1n) is 27.1. The number of nitrogens with one attached hydrogen (secondary N) is 12. The van der Waals surface area contributed by atoms with Crippen LogP contribution in [0.4, 0.5) is 0 Å². The van der Waals surface area contributed by atoms with E-state index in [1.54, 1.807) is 6.92 Å². The molecule has 0 saturated carbocycles. The number of ketones is 1. The maximum atomic E-state index is 14.1. The summed E-state index contributed by atoms with van der Waals surface area (Å²) in [5.74, 6) is -11.4. The van der Waals surface area contributed by atoms with Crippen molar-refractivity contribution in [1.29, 1.82) is 0 Å². The van der Waals surface area contributed by atoms with Crippen molar-refractivity contribution < 1.29 is 67.7 Å². The highest BCUT2D eigenvalue weighted by Crippen LogP contribution is 2.09. The van der Waals surface area contributed by atoms with E-state index in [0.29, 0.717) is 13.0 Å². The van der Waals surface area contributed by atoms with Gasteiger partial charge < -0.3 is 96.9 Å². The molecule has 1 aliphatic rings. The molecule has 0 bridgehead atoms. The highest BCUT2D eigenvalue weighted by atomic mass is 16.3. The van der Waals surface area contributed by atoms with E-state index < -0.39 is 157 Å². The number of amides is 11. The van der Waals surface area contributed by atoms with Gasteiger partial charge in [-0.15, -0.1) is 0 Å². The van der Waals surface area contributed by atoms with Crippen molar-refractivity contribution in [2.45, 2.75) is 185 Å². The lowest BCUT2D eigenvalue weighted by Crippen LogP contribution is -2.61. The number of rotatable bonds is 29. The molecule has 0 radical (unpaired) electrons. The van der Waals surface area contributed by atoms with Crippen molar-refractivity contribution in [2.24, 2.45) is 22.9 Å². The summed E-state index contributed by atoms with van der Waals surface area (Å²) < 4.78 is 0. The fraction of sp³-hybridized carbons (Fsp3) is 0.755. The van der Waals surface area contributed by atoms with Crippen LogP contribution in [0.3, 0.4) is 0 Å². The van der Waals surface area contributed by atoms with E-state index in [0.717, 1.165) is 39.0 Å². The summed E-state index contributed by atoms with van der Waals surface area (Å²) in [7, 11) is 0. The predicted octanol–water partition coefficient (Wildman–Crippen LogP) is -7.52. The van der Waals surface area contributed by atoms with Crippen LogP contribution in [0.25, 0.3) is 0 Å². The van der Waals surface area contributed by atoms with Gasteiger partial charge >= 0.3 is 0 Å². The number of hydrogen-bond donors (Lipinski definition) is 18. The van der Waals surface area contributed by atoms with Gasteiger partial charge in [-0.25, -0.2) is 0 Å². The Labute approximate surface area is 461 Å². The molecule has 0 aromatic carbocycles. The molecule has 11 atom stereocenters. The zero-order valence-corrected chi connectivity index (χ0v) is 46.3. The first kappa shape index (κ1) is 70.6. The minimum Gasteiger partial charge on any atom is -0.391 e. The molecular formula is C49H90N16O14. The van der Waals surface area contributed by atoms with Crippen molar-refractivity contribution >= 4 is 70.8 Å². The monoisotopic (exact) mass is 1130 g/mol. The minimum absolute atomic E-state index is 0.0444. The third kappa shape index (κ3) is 26.8. The molecule has 1 rings (SSSR count). The van der Waals surface area contributed by atoms with Gasteiger partial charge in [0.15, 0.2) is 11.8 Å². The summed E-state index contributed by atoms with van der Waals surface area (Å²) in [5, 5.41) is 50.8. The van der Waals surface area contributed by atoms with Gasteiger partial charge in [-0.2, -0.15) is 0 Å². The number of Topliss-reactive ketones (excluding diaryl/α,β-unsaturated/α-hetero) is 1. The summed E-state index contributed by atoms with van der Waals surface area (Å²) >= 11 is 0. The lowest BCUT2D eigenvalue weighted by Gasteiger charge is -2.28. The molecule has 0 spiro atoms. The lowest BCUT2D eigenvalue weighted by atomic mass is 10.1. The third-order valence-corrected chi connectivity index (χ3v) is 12.5. The van der Waals surface area contributed by atoms with Gasteiger partial charge in [0.25, 0.3) is 5.91 Å². The van der Waals surface area contributed by atoms with Gasteiger partial charge in [-0.3, -0.25) is 57.5 Å². The van der Waals surface area contributed by atoms with Crippen molar-refractivity contribution in [3.8, 4) is 0 Å². The summed E-state index contributed by atoms with van der Waals surface area (Å²) in [6.07, 6.45) is 1.17. The van der Waals surface area contributed by atoms with Gasteiger partial charge in [-0.05, 0) is 105 Å².